The van der Waals surface area contributed by atoms with Crippen LogP contribution in [0.25, 0.3) is 0 Å². The fourth-order valence-corrected chi connectivity index (χ4v) is 1.45. The number of hydrogen-bond donors (Lipinski definition) is 2. The van der Waals surface area contributed by atoms with Crippen LogP contribution >= 0.6 is 0 Å². The Hall–Kier alpha value is -2.01. The Morgan fingerprint density at radius 1 is 1.40 bits per heavy atom. The first kappa shape index (κ1) is 16.0. The Balaban J connectivity index is 2.48. The second-order valence-corrected chi connectivity index (χ2v) is 4.50. The molecule has 0 atom stereocenters. The molecule has 0 aliphatic rings. The van der Waals surface area contributed by atoms with Crippen molar-refractivity contribution in [3.63, 3.8) is 0 Å². The number of hydrogen-bond acceptors (Lipinski definition) is 3. The molecule has 20 heavy (non-hydrogen) atoms. The second-order valence-electron chi connectivity index (χ2n) is 4.50. The first-order chi connectivity index (χ1) is 9.61. The number of rotatable bonds is 8. The van der Waals surface area contributed by atoms with Gasteiger partial charge in [0.05, 0.1) is 13.2 Å². The average Bonchev–Trinajstić information content (AvgIpc) is 2.43. The fraction of sp³-hybridized carbons (Fsp3) is 0.400. The SMILES string of the molecule is C=C(C)CNC(N)=NCc1cccc(OCCOC)c1. The lowest BCUT2D eigenvalue weighted by molar-refractivity contribution is 0.146. The first-order valence-corrected chi connectivity index (χ1v) is 6.50. The van der Waals surface area contributed by atoms with Crippen LogP contribution in [0.3, 0.4) is 0 Å². The highest BCUT2D eigenvalue weighted by molar-refractivity contribution is 5.78. The quantitative estimate of drug-likeness (QED) is 0.328. The molecule has 0 aliphatic carbocycles. The van der Waals surface area contributed by atoms with Crippen LogP contribution in [0.4, 0.5) is 0 Å². The number of nitrogens with zero attached hydrogens (tertiary/aromatic N) is 1. The molecule has 0 saturated carbocycles. The van der Waals surface area contributed by atoms with E-state index in [9.17, 15) is 0 Å². The van der Waals surface area contributed by atoms with Gasteiger partial charge >= 0.3 is 0 Å². The number of nitrogens with one attached hydrogen (secondary N) is 1. The Bertz CT molecular complexity index is 458. The van der Waals surface area contributed by atoms with Gasteiger partial charge < -0.3 is 20.5 Å². The second kappa shape index (κ2) is 8.98. The number of aliphatic imine (C=N–C) groups is 1. The highest BCUT2D eigenvalue weighted by Crippen LogP contribution is 2.13. The van der Waals surface area contributed by atoms with Crippen LogP contribution in [0.2, 0.25) is 0 Å². The smallest absolute Gasteiger partial charge is 0.189 e. The molecule has 0 saturated heterocycles. The van der Waals surface area contributed by atoms with Gasteiger partial charge in [0.2, 0.25) is 0 Å². The summed E-state index contributed by atoms with van der Waals surface area (Å²) in [6.07, 6.45) is 0. The summed E-state index contributed by atoms with van der Waals surface area (Å²) in [7, 11) is 1.65. The lowest BCUT2D eigenvalue weighted by Crippen LogP contribution is -2.32. The molecule has 0 aliphatic heterocycles. The maximum absolute atomic E-state index is 5.76. The van der Waals surface area contributed by atoms with Crippen molar-refractivity contribution in [3.8, 4) is 5.75 Å². The van der Waals surface area contributed by atoms with Crippen molar-refractivity contribution < 1.29 is 9.47 Å². The Morgan fingerprint density at radius 3 is 2.90 bits per heavy atom. The van der Waals surface area contributed by atoms with Crippen LogP contribution in [-0.4, -0.2) is 32.8 Å². The largest absolute Gasteiger partial charge is 0.491 e. The van der Waals surface area contributed by atoms with Crippen LogP contribution in [0.15, 0.2) is 41.4 Å². The molecule has 1 aromatic carbocycles. The van der Waals surface area contributed by atoms with Gasteiger partial charge in [0.15, 0.2) is 5.96 Å². The molecule has 0 radical (unpaired) electrons. The Morgan fingerprint density at radius 2 is 2.20 bits per heavy atom. The third-order valence-electron chi connectivity index (χ3n) is 2.46. The summed E-state index contributed by atoms with van der Waals surface area (Å²) in [5.41, 5.74) is 7.81. The molecule has 0 unspecified atom stereocenters. The summed E-state index contributed by atoms with van der Waals surface area (Å²) in [5.74, 6) is 1.22. The standard InChI is InChI=1S/C15H23N3O2/c1-12(2)10-17-15(16)18-11-13-5-4-6-14(9-13)20-8-7-19-3/h4-6,9H,1,7-8,10-11H2,2-3H3,(H3,16,17,18). The molecule has 110 valence electrons. The number of guanidine groups is 1. The van der Waals surface area contributed by atoms with E-state index in [2.05, 4.69) is 16.9 Å². The van der Waals surface area contributed by atoms with Crippen molar-refractivity contribution in [1.29, 1.82) is 0 Å². The van der Waals surface area contributed by atoms with Gasteiger partial charge in [-0.3, -0.25) is 0 Å². The number of nitrogens with two attached hydrogens (primary N) is 1. The Kier molecular flexibility index (Phi) is 7.21. The maximum Gasteiger partial charge on any atom is 0.189 e. The van der Waals surface area contributed by atoms with Crippen LogP contribution in [-0.2, 0) is 11.3 Å². The summed E-state index contributed by atoms with van der Waals surface area (Å²) in [4.78, 5) is 4.27. The van der Waals surface area contributed by atoms with E-state index in [1.807, 2.05) is 31.2 Å². The van der Waals surface area contributed by atoms with E-state index in [1.54, 1.807) is 7.11 Å². The number of methoxy groups -OCH3 is 1. The molecular weight excluding hydrogens is 254 g/mol. The van der Waals surface area contributed by atoms with Gasteiger partial charge in [0.25, 0.3) is 0 Å². The molecule has 0 bridgehead atoms. The van der Waals surface area contributed by atoms with Crippen LogP contribution in [0.1, 0.15) is 12.5 Å². The van der Waals surface area contributed by atoms with Gasteiger partial charge in [-0.25, -0.2) is 4.99 Å². The summed E-state index contributed by atoms with van der Waals surface area (Å²) in [6, 6.07) is 7.78. The van der Waals surface area contributed by atoms with Gasteiger partial charge in [-0.1, -0.05) is 24.3 Å². The van der Waals surface area contributed by atoms with Crippen LogP contribution in [0, 0.1) is 0 Å². The average molecular weight is 277 g/mol. The van der Waals surface area contributed by atoms with Crippen molar-refractivity contribution in [1.82, 2.24) is 5.32 Å². The lowest BCUT2D eigenvalue weighted by atomic mass is 10.2. The fourth-order valence-electron chi connectivity index (χ4n) is 1.45. The lowest BCUT2D eigenvalue weighted by Gasteiger charge is -2.07. The molecule has 0 aromatic heterocycles. The van der Waals surface area contributed by atoms with Crippen molar-refractivity contribution in [2.75, 3.05) is 26.9 Å². The highest BCUT2D eigenvalue weighted by Gasteiger charge is 1.97. The third kappa shape index (κ3) is 6.80. The predicted molar refractivity (Wildman–Crippen MR) is 82.0 cm³/mol. The topological polar surface area (TPSA) is 68.9 Å². The minimum absolute atomic E-state index is 0.415. The van der Waals surface area contributed by atoms with Gasteiger partial charge in [-0.15, -0.1) is 0 Å². The molecular formula is C15H23N3O2. The van der Waals surface area contributed by atoms with Crippen LogP contribution < -0.4 is 15.8 Å². The van der Waals surface area contributed by atoms with Gasteiger partial charge in [0, 0.05) is 13.7 Å². The van der Waals surface area contributed by atoms with Crippen LogP contribution in [0.5, 0.6) is 5.75 Å². The van der Waals surface area contributed by atoms with E-state index in [0.29, 0.717) is 32.3 Å². The van der Waals surface area contributed by atoms with Gasteiger partial charge in [-0.05, 0) is 24.6 Å². The molecule has 1 aromatic rings. The molecule has 0 amide bonds. The van der Waals surface area contributed by atoms with Crippen molar-refractivity contribution in [2.24, 2.45) is 10.7 Å². The molecule has 0 heterocycles. The molecule has 0 fully saturated rings. The van der Waals surface area contributed by atoms with Gasteiger partial charge in [0.1, 0.15) is 12.4 Å². The zero-order valence-corrected chi connectivity index (χ0v) is 12.2. The highest BCUT2D eigenvalue weighted by atomic mass is 16.5. The van der Waals surface area contributed by atoms with E-state index in [1.165, 1.54) is 0 Å². The molecule has 1 rings (SSSR count). The third-order valence-corrected chi connectivity index (χ3v) is 2.46. The minimum Gasteiger partial charge on any atom is -0.491 e. The predicted octanol–water partition coefficient (Wildman–Crippen LogP) is 1.69. The van der Waals surface area contributed by atoms with Crippen molar-refractivity contribution in [2.45, 2.75) is 13.5 Å². The first-order valence-electron chi connectivity index (χ1n) is 6.50. The van der Waals surface area contributed by atoms with Crippen molar-refractivity contribution >= 4 is 5.96 Å². The van der Waals surface area contributed by atoms with Gasteiger partial charge in [-0.2, -0.15) is 0 Å². The monoisotopic (exact) mass is 277 g/mol. The Labute approximate surface area is 120 Å². The normalized spacial score (nSPS) is 11.2. The summed E-state index contributed by atoms with van der Waals surface area (Å²) < 4.78 is 10.5. The molecule has 5 nitrogen and oxygen atoms in total. The number of benzene rings is 1. The zero-order valence-electron chi connectivity index (χ0n) is 12.2. The summed E-state index contributed by atoms with van der Waals surface area (Å²) >= 11 is 0. The van der Waals surface area contributed by atoms with E-state index in [0.717, 1.165) is 16.9 Å². The maximum atomic E-state index is 5.76. The summed E-state index contributed by atoms with van der Waals surface area (Å²) in [5, 5.41) is 2.99. The number of ether oxygens (including phenoxy) is 2. The van der Waals surface area contributed by atoms with Crippen molar-refractivity contribution in [3.05, 3.63) is 42.0 Å². The molecule has 0 spiro atoms. The molecule has 3 N–H and O–H groups in total. The van der Waals surface area contributed by atoms with E-state index < -0.39 is 0 Å². The summed E-state index contributed by atoms with van der Waals surface area (Å²) in [6.45, 7) is 7.97. The van der Waals surface area contributed by atoms with E-state index in [-0.39, 0.29) is 0 Å². The van der Waals surface area contributed by atoms with E-state index >= 15 is 0 Å². The zero-order chi connectivity index (χ0) is 14.8. The minimum atomic E-state index is 0.415. The van der Waals surface area contributed by atoms with E-state index in [4.69, 9.17) is 15.2 Å². The molecule has 5 heteroatoms.